The number of nitrogens with one attached hydrogen (secondary N) is 2. The van der Waals surface area contributed by atoms with Crippen molar-refractivity contribution in [2.24, 2.45) is 0 Å². The highest BCUT2D eigenvalue weighted by Gasteiger charge is 2.33. The first-order valence-electron chi connectivity index (χ1n) is 12.0. The Morgan fingerprint density at radius 2 is 1.88 bits per heavy atom. The number of aromatic nitrogens is 3. The van der Waals surface area contributed by atoms with Crippen molar-refractivity contribution in [3.05, 3.63) is 76.8 Å². The molecule has 2 heterocycles. The molecule has 0 radical (unpaired) electrons. The molecule has 1 aliphatic rings. The fraction of sp³-hybridized carbons (Fsp3) is 0.370. The zero-order chi connectivity index (χ0) is 24.1. The number of unbranched alkanes of at least 4 members (excludes halogenated alkanes) is 3. The normalized spacial score (nSPS) is 15.0. The summed E-state index contributed by atoms with van der Waals surface area (Å²) in [5, 5.41) is 10.7. The van der Waals surface area contributed by atoms with E-state index in [1.165, 1.54) is 25.6 Å². The van der Waals surface area contributed by atoms with Crippen LogP contribution in [0.5, 0.6) is 5.75 Å². The number of rotatable bonds is 9. The first-order valence-corrected chi connectivity index (χ1v) is 12.0. The van der Waals surface area contributed by atoms with E-state index in [0.29, 0.717) is 18.1 Å². The Balaban J connectivity index is 1.59. The van der Waals surface area contributed by atoms with Crippen LogP contribution in [0, 0.1) is 13.8 Å². The van der Waals surface area contributed by atoms with Crippen molar-refractivity contribution in [3.63, 3.8) is 0 Å². The van der Waals surface area contributed by atoms with Crippen LogP contribution in [0.4, 0.5) is 11.6 Å². The lowest BCUT2D eigenvalue weighted by molar-refractivity contribution is -0.113. The van der Waals surface area contributed by atoms with Crippen LogP contribution in [-0.2, 0) is 4.79 Å². The summed E-state index contributed by atoms with van der Waals surface area (Å²) in [5.41, 5.74) is 5.29. The molecule has 0 bridgehead atoms. The van der Waals surface area contributed by atoms with Crippen molar-refractivity contribution in [2.45, 2.75) is 59.4 Å². The largest absolute Gasteiger partial charge is 0.494 e. The van der Waals surface area contributed by atoms with Crippen LogP contribution in [0.2, 0.25) is 0 Å². The van der Waals surface area contributed by atoms with Crippen LogP contribution in [-0.4, -0.2) is 27.3 Å². The molecule has 0 aliphatic carbocycles. The maximum absolute atomic E-state index is 13.6. The molecular formula is C27H33N5O2. The number of ether oxygens (including phenoxy) is 1. The predicted molar refractivity (Wildman–Crippen MR) is 135 cm³/mol. The summed E-state index contributed by atoms with van der Waals surface area (Å²) in [7, 11) is 0. The van der Waals surface area contributed by atoms with E-state index in [4.69, 9.17) is 4.74 Å². The van der Waals surface area contributed by atoms with Gasteiger partial charge in [0.2, 0.25) is 5.95 Å². The molecule has 7 heteroatoms. The van der Waals surface area contributed by atoms with Crippen LogP contribution in [0.15, 0.2) is 60.1 Å². The highest BCUT2D eigenvalue weighted by Crippen LogP contribution is 2.36. The molecule has 178 valence electrons. The highest BCUT2D eigenvalue weighted by molar-refractivity contribution is 6.06. The summed E-state index contributed by atoms with van der Waals surface area (Å²) >= 11 is 0. The molecule has 2 N–H and O–H groups in total. The van der Waals surface area contributed by atoms with Gasteiger partial charge in [0.25, 0.3) is 5.91 Å². The Hall–Kier alpha value is -3.61. The van der Waals surface area contributed by atoms with Crippen molar-refractivity contribution in [1.82, 2.24) is 14.8 Å². The van der Waals surface area contributed by atoms with Gasteiger partial charge in [-0.15, -0.1) is 0 Å². The van der Waals surface area contributed by atoms with Crippen molar-refractivity contribution >= 4 is 17.5 Å². The molecule has 0 fully saturated rings. The molecule has 1 aliphatic heterocycles. The van der Waals surface area contributed by atoms with Gasteiger partial charge in [-0.1, -0.05) is 50.5 Å². The second-order valence-corrected chi connectivity index (χ2v) is 8.77. The Morgan fingerprint density at radius 3 is 2.65 bits per heavy atom. The molecule has 0 saturated carbocycles. The number of fused-ring (bicyclic) bond motifs is 1. The summed E-state index contributed by atoms with van der Waals surface area (Å²) in [5.74, 6) is 1.28. The Kier molecular flexibility index (Phi) is 7.30. The molecule has 7 nitrogen and oxygen atoms in total. The van der Waals surface area contributed by atoms with Gasteiger partial charge >= 0.3 is 0 Å². The monoisotopic (exact) mass is 459 g/mol. The van der Waals surface area contributed by atoms with E-state index in [-0.39, 0.29) is 5.91 Å². The number of carbonyl (C=O) groups excluding carboxylic acids is 1. The summed E-state index contributed by atoms with van der Waals surface area (Å²) in [6.45, 7) is 8.86. The zero-order valence-corrected chi connectivity index (χ0v) is 20.4. The van der Waals surface area contributed by atoms with E-state index in [0.717, 1.165) is 40.2 Å². The maximum atomic E-state index is 13.6. The number of carbonyl (C=O) groups is 1. The van der Waals surface area contributed by atoms with Gasteiger partial charge in [0.05, 0.1) is 12.2 Å². The second-order valence-electron chi connectivity index (χ2n) is 8.77. The van der Waals surface area contributed by atoms with E-state index in [2.05, 4.69) is 27.6 Å². The quantitative estimate of drug-likeness (QED) is 0.396. The lowest BCUT2D eigenvalue weighted by Gasteiger charge is -2.29. The first-order chi connectivity index (χ1) is 16.5. The minimum atomic E-state index is -0.400. The number of allylic oxidation sites excluding steroid dienone is 1. The summed E-state index contributed by atoms with van der Waals surface area (Å²) < 4.78 is 7.67. The molecule has 34 heavy (non-hydrogen) atoms. The zero-order valence-electron chi connectivity index (χ0n) is 20.4. The maximum Gasteiger partial charge on any atom is 0.255 e. The Labute approximate surface area is 201 Å². The predicted octanol–water partition coefficient (Wildman–Crippen LogP) is 5.78. The van der Waals surface area contributed by atoms with Crippen LogP contribution < -0.4 is 15.4 Å². The van der Waals surface area contributed by atoms with Crippen LogP contribution in [0.3, 0.4) is 0 Å². The molecule has 4 rings (SSSR count). The number of aryl methyl sites for hydroxylation is 1. The standard InChI is InChI=1S/C27H33N5O2/c1-5-6-7-8-16-34-22-14-12-21(13-15-22)25-24(20(4)30-27-28-17-29-32(25)27)26(33)31-23-11-9-10-18(2)19(23)3/h9-15,17,25H,5-8,16H2,1-4H3,(H,31,33)(H,28,29,30). The van der Waals surface area contributed by atoms with Gasteiger partial charge in [-0.2, -0.15) is 10.1 Å². The van der Waals surface area contributed by atoms with Crippen molar-refractivity contribution < 1.29 is 9.53 Å². The summed E-state index contributed by atoms with van der Waals surface area (Å²) in [4.78, 5) is 17.9. The number of hydrogen-bond donors (Lipinski definition) is 2. The van der Waals surface area contributed by atoms with Gasteiger partial charge in [-0.05, 0) is 62.1 Å². The number of nitrogens with zero attached hydrogens (tertiary/aromatic N) is 3. The molecule has 0 saturated heterocycles. The molecule has 0 spiro atoms. The van der Waals surface area contributed by atoms with E-state index >= 15 is 0 Å². The van der Waals surface area contributed by atoms with E-state index < -0.39 is 6.04 Å². The molecular weight excluding hydrogens is 426 g/mol. The smallest absolute Gasteiger partial charge is 0.255 e. The molecule has 1 atom stereocenters. The number of amides is 1. The average molecular weight is 460 g/mol. The van der Waals surface area contributed by atoms with Crippen molar-refractivity contribution in [1.29, 1.82) is 0 Å². The lowest BCUT2D eigenvalue weighted by atomic mass is 9.94. The second kappa shape index (κ2) is 10.5. The first kappa shape index (κ1) is 23.5. The van der Waals surface area contributed by atoms with Crippen LogP contribution in [0.25, 0.3) is 0 Å². The van der Waals surface area contributed by atoms with E-state index in [1.54, 1.807) is 4.68 Å². The molecule has 1 aromatic heterocycles. The topological polar surface area (TPSA) is 81.1 Å². The minimum absolute atomic E-state index is 0.166. The number of hydrogen-bond acceptors (Lipinski definition) is 5. The fourth-order valence-corrected chi connectivity index (χ4v) is 4.23. The molecule has 2 aromatic carbocycles. The highest BCUT2D eigenvalue weighted by atomic mass is 16.5. The summed E-state index contributed by atoms with van der Waals surface area (Å²) in [6, 6.07) is 13.4. The number of benzene rings is 2. The minimum Gasteiger partial charge on any atom is -0.494 e. The third-order valence-electron chi connectivity index (χ3n) is 6.35. The summed E-state index contributed by atoms with van der Waals surface area (Å²) in [6.07, 6.45) is 6.18. The van der Waals surface area contributed by atoms with Gasteiger partial charge in [0, 0.05) is 11.4 Å². The third-order valence-corrected chi connectivity index (χ3v) is 6.35. The third kappa shape index (κ3) is 4.98. The van der Waals surface area contributed by atoms with Crippen molar-refractivity contribution in [3.8, 4) is 5.75 Å². The van der Waals surface area contributed by atoms with Gasteiger partial charge in [0.15, 0.2) is 0 Å². The van der Waals surface area contributed by atoms with E-state index in [9.17, 15) is 4.79 Å². The van der Waals surface area contributed by atoms with Gasteiger partial charge in [0.1, 0.15) is 18.1 Å². The fourth-order valence-electron chi connectivity index (χ4n) is 4.23. The number of anilines is 2. The van der Waals surface area contributed by atoms with Crippen molar-refractivity contribution in [2.75, 3.05) is 17.2 Å². The van der Waals surface area contributed by atoms with Gasteiger partial charge in [-0.3, -0.25) is 4.79 Å². The van der Waals surface area contributed by atoms with E-state index in [1.807, 2.05) is 63.2 Å². The van der Waals surface area contributed by atoms with Crippen LogP contribution in [0.1, 0.15) is 62.3 Å². The van der Waals surface area contributed by atoms with Crippen LogP contribution >= 0.6 is 0 Å². The van der Waals surface area contributed by atoms with Gasteiger partial charge in [-0.25, -0.2) is 4.68 Å². The molecule has 3 aromatic rings. The Morgan fingerprint density at radius 1 is 1.09 bits per heavy atom. The molecule has 1 unspecified atom stereocenters. The molecule has 1 amide bonds. The average Bonchev–Trinajstić information content (AvgIpc) is 3.29. The SMILES string of the molecule is CCCCCCOc1ccc(C2C(C(=O)Nc3cccc(C)c3C)=C(C)Nc3ncnn32)cc1. The lowest BCUT2D eigenvalue weighted by Crippen LogP contribution is -2.31. The van der Waals surface area contributed by atoms with Gasteiger partial charge < -0.3 is 15.4 Å². The Bertz CT molecular complexity index is 1180.